The van der Waals surface area contributed by atoms with Crippen LogP contribution in [-0.2, 0) is 16.1 Å². The maximum Gasteiger partial charge on any atom is 0.323 e. The van der Waals surface area contributed by atoms with Crippen molar-refractivity contribution in [2.45, 2.75) is 12.6 Å². The molecule has 6 heteroatoms. The van der Waals surface area contributed by atoms with Crippen molar-refractivity contribution in [1.29, 1.82) is 0 Å². The van der Waals surface area contributed by atoms with Crippen LogP contribution in [0.25, 0.3) is 0 Å². The fourth-order valence-corrected chi connectivity index (χ4v) is 2.13. The van der Waals surface area contributed by atoms with Crippen LogP contribution in [0.15, 0.2) is 18.2 Å². The van der Waals surface area contributed by atoms with Gasteiger partial charge in [-0.1, -0.05) is 23.7 Å². The topological polar surface area (TPSA) is 49.8 Å². The lowest BCUT2D eigenvalue weighted by atomic mass is 10.1. The van der Waals surface area contributed by atoms with Gasteiger partial charge in [0.1, 0.15) is 11.9 Å². The predicted molar refractivity (Wildman–Crippen MR) is 64.1 cm³/mol. The maximum atomic E-state index is 13.3. The van der Waals surface area contributed by atoms with Gasteiger partial charge in [0.05, 0.1) is 18.2 Å². The molecule has 1 aliphatic rings. The molecule has 1 unspecified atom stereocenters. The van der Waals surface area contributed by atoms with E-state index in [0.29, 0.717) is 25.3 Å². The fourth-order valence-electron chi connectivity index (χ4n) is 1.94. The summed E-state index contributed by atoms with van der Waals surface area (Å²) in [7, 11) is 0. The molecule has 1 saturated heterocycles. The van der Waals surface area contributed by atoms with Crippen molar-refractivity contribution in [2.24, 2.45) is 0 Å². The van der Waals surface area contributed by atoms with Gasteiger partial charge in [0.2, 0.25) is 0 Å². The van der Waals surface area contributed by atoms with Crippen molar-refractivity contribution < 1.29 is 19.0 Å². The van der Waals surface area contributed by atoms with Crippen LogP contribution in [0.3, 0.4) is 0 Å². The van der Waals surface area contributed by atoms with E-state index in [9.17, 15) is 9.18 Å². The van der Waals surface area contributed by atoms with Gasteiger partial charge in [0, 0.05) is 13.1 Å². The second-order valence-electron chi connectivity index (χ2n) is 4.11. The molecule has 4 nitrogen and oxygen atoms in total. The van der Waals surface area contributed by atoms with Gasteiger partial charge >= 0.3 is 5.97 Å². The van der Waals surface area contributed by atoms with Gasteiger partial charge in [-0.2, -0.15) is 0 Å². The first-order valence-corrected chi connectivity index (χ1v) is 5.95. The summed E-state index contributed by atoms with van der Waals surface area (Å²) in [6.07, 6.45) is 0. The van der Waals surface area contributed by atoms with Gasteiger partial charge < -0.3 is 9.84 Å². The van der Waals surface area contributed by atoms with E-state index in [0.717, 1.165) is 0 Å². The molecule has 1 fully saturated rings. The number of rotatable bonds is 3. The molecule has 1 aromatic rings. The number of aliphatic carboxylic acids is 1. The van der Waals surface area contributed by atoms with E-state index in [2.05, 4.69) is 0 Å². The van der Waals surface area contributed by atoms with Crippen LogP contribution >= 0.6 is 11.6 Å². The molecule has 1 aromatic carbocycles. The van der Waals surface area contributed by atoms with Crippen LogP contribution in [0.2, 0.25) is 5.02 Å². The van der Waals surface area contributed by atoms with Crippen molar-refractivity contribution in [2.75, 3.05) is 19.8 Å². The lowest BCUT2D eigenvalue weighted by molar-refractivity contribution is -0.150. The van der Waals surface area contributed by atoms with Crippen LogP contribution < -0.4 is 0 Å². The smallest absolute Gasteiger partial charge is 0.323 e. The predicted octanol–water partition coefficient (Wildman–Crippen LogP) is 1.76. The lowest BCUT2D eigenvalue weighted by Crippen LogP contribution is -2.49. The molecule has 0 aliphatic carbocycles. The van der Waals surface area contributed by atoms with Crippen molar-refractivity contribution in [3.8, 4) is 0 Å². The first-order chi connectivity index (χ1) is 8.59. The molecule has 18 heavy (non-hydrogen) atoms. The van der Waals surface area contributed by atoms with Gasteiger partial charge in [-0.05, 0) is 11.6 Å². The number of hydrogen-bond acceptors (Lipinski definition) is 3. The zero-order valence-corrected chi connectivity index (χ0v) is 10.4. The third kappa shape index (κ3) is 2.80. The normalized spacial score (nSPS) is 20.9. The number of carbonyl (C=O) groups is 1. The second kappa shape index (κ2) is 5.65. The minimum Gasteiger partial charge on any atom is -0.480 e. The Hall–Kier alpha value is -1.17. The highest BCUT2D eigenvalue weighted by atomic mass is 35.5. The van der Waals surface area contributed by atoms with Gasteiger partial charge in [-0.15, -0.1) is 0 Å². The maximum absolute atomic E-state index is 13.3. The number of halogens is 2. The molecule has 0 spiro atoms. The summed E-state index contributed by atoms with van der Waals surface area (Å²) in [5.74, 6) is -1.43. The van der Waals surface area contributed by atoms with Crippen molar-refractivity contribution in [3.63, 3.8) is 0 Å². The summed E-state index contributed by atoms with van der Waals surface area (Å²) in [6.45, 7) is 1.40. The molecule has 0 bridgehead atoms. The molecular formula is C12H13ClFNO3. The molecule has 1 aliphatic heterocycles. The molecule has 0 amide bonds. The standard InChI is InChI=1S/C12H13ClFNO3/c13-11-8(2-1-3-9(11)14)6-15-4-5-18-7-10(15)12(16)17/h1-3,10H,4-7H2,(H,16,17). The summed E-state index contributed by atoms with van der Waals surface area (Å²) in [6, 6.07) is 3.82. The van der Waals surface area contributed by atoms with E-state index >= 15 is 0 Å². The molecule has 0 radical (unpaired) electrons. The molecule has 2 rings (SSSR count). The average molecular weight is 274 g/mol. The number of nitrogens with zero attached hydrogens (tertiary/aromatic N) is 1. The summed E-state index contributed by atoms with van der Waals surface area (Å²) >= 11 is 5.86. The summed E-state index contributed by atoms with van der Waals surface area (Å²) < 4.78 is 18.4. The van der Waals surface area contributed by atoms with Crippen LogP contribution in [0, 0.1) is 5.82 Å². The molecule has 1 atom stereocenters. The highest BCUT2D eigenvalue weighted by Crippen LogP contribution is 2.22. The average Bonchev–Trinajstić information content (AvgIpc) is 2.35. The number of hydrogen-bond donors (Lipinski definition) is 1. The van der Waals surface area contributed by atoms with Crippen molar-refractivity contribution in [1.82, 2.24) is 4.90 Å². The Kier molecular flexibility index (Phi) is 4.16. The van der Waals surface area contributed by atoms with E-state index in [-0.39, 0.29) is 11.6 Å². The van der Waals surface area contributed by atoms with Crippen molar-refractivity contribution >= 4 is 17.6 Å². The monoisotopic (exact) mass is 273 g/mol. The fraction of sp³-hybridized carbons (Fsp3) is 0.417. The quantitative estimate of drug-likeness (QED) is 0.912. The Balaban J connectivity index is 2.16. The zero-order chi connectivity index (χ0) is 13.1. The molecule has 1 heterocycles. The Morgan fingerprint density at radius 1 is 1.61 bits per heavy atom. The first-order valence-electron chi connectivity index (χ1n) is 5.57. The minimum absolute atomic E-state index is 0.0492. The summed E-state index contributed by atoms with van der Waals surface area (Å²) in [5, 5.41) is 9.13. The van der Waals surface area contributed by atoms with Crippen LogP contribution in [-0.4, -0.2) is 41.8 Å². The number of carboxylic acid groups (broad SMARTS) is 1. The largest absolute Gasteiger partial charge is 0.480 e. The minimum atomic E-state index is -0.942. The van der Waals surface area contributed by atoms with Gasteiger partial charge in [-0.3, -0.25) is 9.69 Å². The third-order valence-corrected chi connectivity index (χ3v) is 3.35. The van der Waals surface area contributed by atoms with E-state index < -0.39 is 17.8 Å². The van der Waals surface area contributed by atoms with Gasteiger partial charge in [-0.25, -0.2) is 4.39 Å². The Morgan fingerprint density at radius 2 is 2.39 bits per heavy atom. The zero-order valence-electron chi connectivity index (χ0n) is 9.60. The van der Waals surface area contributed by atoms with Gasteiger partial charge in [0.25, 0.3) is 0 Å². The molecule has 0 aromatic heterocycles. The van der Waals surface area contributed by atoms with E-state index in [1.165, 1.54) is 6.07 Å². The lowest BCUT2D eigenvalue weighted by Gasteiger charge is -2.32. The van der Waals surface area contributed by atoms with E-state index in [4.69, 9.17) is 21.4 Å². The number of morpholine rings is 1. The Labute approximate surface area is 109 Å². The van der Waals surface area contributed by atoms with Crippen molar-refractivity contribution in [3.05, 3.63) is 34.6 Å². The summed E-state index contributed by atoms with van der Waals surface area (Å²) in [4.78, 5) is 12.8. The second-order valence-corrected chi connectivity index (χ2v) is 4.49. The van der Waals surface area contributed by atoms with E-state index in [1.54, 1.807) is 17.0 Å². The molecular weight excluding hydrogens is 261 g/mol. The van der Waals surface area contributed by atoms with Gasteiger partial charge in [0.15, 0.2) is 0 Å². The molecule has 1 N–H and O–H groups in total. The third-order valence-electron chi connectivity index (χ3n) is 2.93. The Morgan fingerprint density at radius 3 is 3.11 bits per heavy atom. The SMILES string of the molecule is O=C(O)C1COCCN1Cc1cccc(F)c1Cl. The van der Waals surface area contributed by atoms with Crippen LogP contribution in [0.1, 0.15) is 5.56 Å². The number of benzene rings is 1. The molecule has 98 valence electrons. The molecule has 0 saturated carbocycles. The summed E-state index contributed by atoms with van der Waals surface area (Å²) in [5.41, 5.74) is 0.588. The van der Waals surface area contributed by atoms with E-state index in [1.807, 2.05) is 0 Å². The first kappa shape index (κ1) is 13.3. The van der Waals surface area contributed by atoms with Crippen LogP contribution in [0.5, 0.6) is 0 Å². The highest BCUT2D eigenvalue weighted by Gasteiger charge is 2.29. The number of carboxylic acids is 1. The number of ether oxygens (including phenoxy) is 1. The Bertz CT molecular complexity index is 455. The highest BCUT2D eigenvalue weighted by molar-refractivity contribution is 6.31. The van der Waals surface area contributed by atoms with Crippen LogP contribution in [0.4, 0.5) is 4.39 Å².